The minimum absolute atomic E-state index is 0.131. The molecule has 1 heterocycles. The molecule has 0 saturated heterocycles. The van der Waals surface area contributed by atoms with Crippen molar-refractivity contribution in [3.8, 4) is 17.0 Å². The molecular formula is C12H13F2N3O. The number of nitrogens with two attached hydrogens (primary N) is 1. The number of aryl methyl sites for hydroxylation is 2. The van der Waals surface area contributed by atoms with E-state index in [1.165, 1.54) is 6.07 Å². The van der Waals surface area contributed by atoms with Gasteiger partial charge in [-0.2, -0.15) is 13.9 Å². The fourth-order valence-corrected chi connectivity index (χ4v) is 1.86. The van der Waals surface area contributed by atoms with Gasteiger partial charge in [-0.15, -0.1) is 0 Å². The van der Waals surface area contributed by atoms with Crippen molar-refractivity contribution in [2.24, 2.45) is 7.05 Å². The second-order valence-corrected chi connectivity index (χ2v) is 3.93. The van der Waals surface area contributed by atoms with Crippen LogP contribution in [-0.4, -0.2) is 16.4 Å². The summed E-state index contributed by atoms with van der Waals surface area (Å²) in [5.74, 6) is 0.131. The van der Waals surface area contributed by atoms with Crippen molar-refractivity contribution < 1.29 is 13.5 Å². The molecule has 0 radical (unpaired) electrons. The topological polar surface area (TPSA) is 53.1 Å². The summed E-state index contributed by atoms with van der Waals surface area (Å²) in [4.78, 5) is 0. The fourth-order valence-electron chi connectivity index (χ4n) is 1.86. The zero-order chi connectivity index (χ0) is 13.3. The molecule has 0 saturated carbocycles. The number of anilines is 1. The van der Waals surface area contributed by atoms with Crippen LogP contribution in [0.1, 0.15) is 5.56 Å². The van der Waals surface area contributed by atoms with E-state index in [9.17, 15) is 8.78 Å². The van der Waals surface area contributed by atoms with Gasteiger partial charge in [0.2, 0.25) is 0 Å². The van der Waals surface area contributed by atoms with Gasteiger partial charge >= 0.3 is 6.61 Å². The predicted molar refractivity (Wildman–Crippen MR) is 64.4 cm³/mol. The van der Waals surface area contributed by atoms with E-state index in [0.717, 1.165) is 16.8 Å². The Kier molecular flexibility index (Phi) is 3.18. The number of hydrogen-bond acceptors (Lipinski definition) is 3. The van der Waals surface area contributed by atoms with Crippen LogP contribution in [0.25, 0.3) is 11.3 Å². The van der Waals surface area contributed by atoms with Gasteiger partial charge in [0.15, 0.2) is 0 Å². The normalized spacial score (nSPS) is 10.9. The summed E-state index contributed by atoms with van der Waals surface area (Å²) in [5, 5.41) is 4.04. The van der Waals surface area contributed by atoms with E-state index in [1.807, 2.05) is 0 Å². The fraction of sp³-hybridized carbons (Fsp3) is 0.250. The third kappa shape index (κ3) is 2.27. The van der Waals surface area contributed by atoms with Crippen molar-refractivity contribution in [3.05, 3.63) is 30.0 Å². The van der Waals surface area contributed by atoms with Gasteiger partial charge < -0.3 is 10.5 Å². The standard InChI is InChI=1S/C12H13F2N3O/c1-7-5-8(18-12(13)14)3-4-9(7)11-10(15)6-16-17(11)2/h3-6,12H,15H2,1-2H3. The maximum Gasteiger partial charge on any atom is 0.387 e. The number of nitrogens with zero attached hydrogens (tertiary/aromatic N) is 2. The molecule has 0 bridgehead atoms. The van der Waals surface area contributed by atoms with Crippen LogP contribution in [0.2, 0.25) is 0 Å². The molecular weight excluding hydrogens is 240 g/mol. The van der Waals surface area contributed by atoms with E-state index >= 15 is 0 Å². The Morgan fingerprint density at radius 1 is 1.39 bits per heavy atom. The molecule has 0 aliphatic carbocycles. The van der Waals surface area contributed by atoms with Gasteiger partial charge in [0, 0.05) is 12.6 Å². The van der Waals surface area contributed by atoms with Crippen LogP contribution in [0.3, 0.4) is 0 Å². The first-order chi connectivity index (χ1) is 8.49. The highest BCUT2D eigenvalue weighted by Gasteiger charge is 2.12. The Balaban J connectivity index is 2.42. The van der Waals surface area contributed by atoms with Gasteiger partial charge in [-0.3, -0.25) is 4.68 Å². The molecule has 0 aliphatic heterocycles. The van der Waals surface area contributed by atoms with Gasteiger partial charge in [0.1, 0.15) is 5.75 Å². The SMILES string of the molecule is Cc1cc(OC(F)F)ccc1-c1c(N)cnn1C. The average Bonchev–Trinajstić information content (AvgIpc) is 2.59. The molecule has 18 heavy (non-hydrogen) atoms. The highest BCUT2D eigenvalue weighted by Crippen LogP contribution is 2.30. The van der Waals surface area contributed by atoms with Crippen LogP contribution in [0.5, 0.6) is 5.75 Å². The van der Waals surface area contributed by atoms with Crippen LogP contribution in [-0.2, 0) is 7.05 Å². The highest BCUT2D eigenvalue weighted by atomic mass is 19.3. The Morgan fingerprint density at radius 2 is 2.11 bits per heavy atom. The van der Waals surface area contributed by atoms with E-state index in [2.05, 4.69) is 9.84 Å². The molecule has 0 aliphatic rings. The van der Waals surface area contributed by atoms with Gasteiger partial charge in [0.25, 0.3) is 0 Å². The van der Waals surface area contributed by atoms with Crippen molar-refractivity contribution in [2.75, 3.05) is 5.73 Å². The van der Waals surface area contributed by atoms with Crippen molar-refractivity contribution in [1.29, 1.82) is 0 Å². The monoisotopic (exact) mass is 253 g/mol. The summed E-state index contributed by atoms with van der Waals surface area (Å²) < 4.78 is 30.2. The van der Waals surface area contributed by atoms with Crippen LogP contribution in [0.15, 0.2) is 24.4 Å². The summed E-state index contributed by atoms with van der Waals surface area (Å²) in [5.41, 5.74) is 8.77. The summed E-state index contributed by atoms with van der Waals surface area (Å²) >= 11 is 0. The number of aromatic nitrogens is 2. The third-order valence-corrected chi connectivity index (χ3v) is 2.65. The minimum atomic E-state index is -2.82. The van der Waals surface area contributed by atoms with E-state index < -0.39 is 6.61 Å². The maximum absolute atomic E-state index is 12.1. The number of rotatable bonds is 3. The second-order valence-electron chi connectivity index (χ2n) is 3.93. The van der Waals surface area contributed by atoms with Gasteiger partial charge in [-0.05, 0) is 30.7 Å². The summed E-state index contributed by atoms with van der Waals surface area (Å²) in [6.07, 6.45) is 1.55. The summed E-state index contributed by atoms with van der Waals surface area (Å²) in [6, 6.07) is 4.73. The lowest BCUT2D eigenvalue weighted by Gasteiger charge is -2.10. The molecule has 2 rings (SSSR count). The zero-order valence-corrected chi connectivity index (χ0v) is 10.0. The average molecular weight is 253 g/mol. The molecule has 2 N–H and O–H groups in total. The lowest BCUT2D eigenvalue weighted by Crippen LogP contribution is -2.03. The molecule has 1 aromatic carbocycles. The highest BCUT2D eigenvalue weighted by molar-refractivity contribution is 5.75. The predicted octanol–water partition coefficient (Wildman–Crippen LogP) is 2.58. The van der Waals surface area contributed by atoms with Crippen LogP contribution < -0.4 is 10.5 Å². The van der Waals surface area contributed by atoms with Gasteiger partial charge in [-0.25, -0.2) is 0 Å². The van der Waals surface area contributed by atoms with E-state index in [1.54, 1.807) is 37.0 Å². The van der Waals surface area contributed by atoms with E-state index in [4.69, 9.17) is 5.73 Å². The molecule has 4 nitrogen and oxygen atoms in total. The van der Waals surface area contributed by atoms with Crippen LogP contribution in [0, 0.1) is 6.92 Å². The van der Waals surface area contributed by atoms with Crippen molar-refractivity contribution in [2.45, 2.75) is 13.5 Å². The van der Waals surface area contributed by atoms with Gasteiger partial charge in [-0.1, -0.05) is 0 Å². The lowest BCUT2D eigenvalue weighted by atomic mass is 10.0. The minimum Gasteiger partial charge on any atom is -0.435 e. The zero-order valence-electron chi connectivity index (χ0n) is 10.0. The molecule has 96 valence electrons. The molecule has 0 atom stereocenters. The van der Waals surface area contributed by atoms with Crippen LogP contribution in [0.4, 0.5) is 14.5 Å². The Labute approximate surface area is 103 Å². The lowest BCUT2D eigenvalue weighted by molar-refractivity contribution is -0.0498. The number of halogens is 2. The van der Waals surface area contributed by atoms with Gasteiger partial charge in [0.05, 0.1) is 17.6 Å². The first-order valence-corrected chi connectivity index (χ1v) is 5.32. The number of nitrogen functional groups attached to an aromatic ring is 1. The quantitative estimate of drug-likeness (QED) is 0.914. The molecule has 0 amide bonds. The Hall–Kier alpha value is -2.11. The number of benzene rings is 1. The van der Waals surface area contributed by atoms with E-state index in [-0.39, 0.29) is 5.75 Å². The molecule has 0 fully saturated rings. The Morgan fingerprint density at radius 3 is 2.61 bits per heavy atom. The molecule has 0 unspecified atom stereocenters. The molecule has 0 spiro atoms. The van der Waals surface area contributed by atoms with Crippen molar-refractivity contribution in [1.82, 2.24) is 9.78 Å². The first kappa shape index (κ1) is 12.3. The summed E-state index contributed by atoms with van der Waals surface area (Å²) in [7, 11) is 1.77. The smallest absolute Gasteiger partial charge is 0.387 e. The van der Waals surface area contributed by atoms with Crippen molar-refractivity contribution in [3.63, 3.8) is 0 Å². The van der Waals surface area contributed by atoms with Crippen molar-refractivity contribution >= 4 is 5.69 Å². The second kappa shape index (κ2) is 4.64. The molecule has 1 aromatic heterocycles. The Bertz CT molecular complexity index is 547. The number of alkyl halides is 2. The molecule has 6 heteroatoms. The maximum atomic E-state index is 12.1. The largest absolute Gasteiger partial charge is 0.435 e. The number of ether oxygens (including phenoxy) is 1. The number of hydrogen-bond donors (Lipinski definition) is 1. The van der Waals surface area contributed by atoms with Crippen LogP contribution >= 0.6 is 0 Å². The first-order valence-electron chi connectivity index (χ1n) is 5.32. The van der Waals surface area contributed by atoms with E-state index in [0.29, 0.717) is 5.69 Å². The summed E-state index contributed by atoms with van der Waals surface area (Å²) in [6.45, 7) is -1.02. The molecule has 2 aromatic rings. The third-order valence-electron chi connectivity index (χ3n) is 2.65.